The lowest BCUT2D eigenvalue weighted by Gasteiger charge is -2.09. The van der Waals surface area contributed by atoms with E-state index in [0.29, 0.717) is 17.8 Å². The molecule has 2 rings (SSSR count). The molecule has 0 spiro atoms. The third-order valence-electron chi connectivity index (χ3n) is 2.65. The largest absolute Gasteiger partial charge is 0.339 e. The van der Waals surface area contributed by atoms with Crippen molar-refractivity contribution in [2.24, 2.45) is 0 Å². The summed E-state index contributed by atoms with van der Waals surface area (Å²) >= 11 is 3.38. The van der Waals surface area contributed by atoms with Crippen LogP contribution in [0.1, 0.15) is 26.2 Å². The quantitative estimate of drug-likeness (QED) is 0.885. The third-order valence-corrected chi connectivity index (χ3v) is 3.09. The van der Waals surface area contributed by atoms with Gasteiger partial charge in [-0.15, -0.1) is 0 Å². The molecule has 102 valence electrons. The number of halogens is 1. The third kappa shape index (κ3) is 4.11. The normalized spacial score (nSPS) is 12.6. The van der Waals surface area contributed by atoms with E-state index in [9.17, 15) is 0 Å². The Bertz CT molecular complexity index is 529. The molecule has 0 radical (unpaired) electrons. The Morgan fingerprint density at radius 1 is 1.42 bits per heavy atom. The van der Waals surface area contributed by atoms with Crippen LogP contribution in [-0.2, 0) is 6.42 Å². The SMILES string of the molecule is CCCNC(C)Cc1nc(-c2cncc(Br)c2)no1. The maximum absolute atomic E-state index is 5.27. The first-order valence-electron chi connectivity index (χ1n) is 6.36. The fourth-order valence-corrected chi connectivity index (χ4v) is 2.08. The predicted molar refractivity (Wildman–Crippen MR) is 76.7 cm³/mol. The summed E-state index contributed by atoms with van der Waals surface area (Å²) in [6, 6.07) is 2.24. The number of nitrogens with one attached hydrogen (secondary N) is 1. The number of pyridine rings is 1. The number of hydrogen-bond donors (Lipinski definition) is 1. The van der Waals surface area contributed by atoms with Gasteiger partial charge in [0.15, 0.2) is 0 Å². The van der Waals surface area contributed by atoms with Crippen LogP contribution in [0.3, 0.4) is 0 Å². The van der Waals surface area contributed by atoms with Gasteiger partial charge in [-0.25, -0.2) is 0 Å². The zero-order valence-corrected chi connectivity index (χ0v) is 12.6. The van der Waals surface area contributed by atoms with E-state index in [1.54, 1.807) is 12.4 Å². The standard InChI is InChI=1S/C13H17BrN4O/c1-3-4-16-9(2)5-12-17-13(18-19-12)10-6-11(14)8-15-7-10/h6-9,16H,3-5H2,1-2H3. The highest BCUT2D eigenvalue weighted by molar-refractivity contribution is 9.10. The molecule has 1 atom stereocenters. The van der Waals surface area contributed by atoms with E-state index in [2.05, 4.69) is 50.2 Å². The average molecular weight is 325 g/mol. The van der Waals surface area contributed by atoms with Crippen molar-refractivity contribution in [1.29, 1.82) is 0 Å². The zero-order valence-electron chi connectivity index (χ0n) is 11.1. The van der Waals surface area contributed by atoms with Crippen LogP contribution in [0.4, 0.5) is 0 Å². The minimum Gasteiger partial charge on any atom is -0.339 e. The van der Waals surface area contributed by atoms with Crippen LogP contribution in [0.25, 0.3) is 11.4 Å². The van der Waals surface area contributed by atoms with Gasteiger partial charge in [0.1, 0.15) is 0 Å². The minimum absolute atomic E-state index is 0.328. The molecular weight excluding hydrogens is 308 g/mol. The second-order valence-electron chi connectivity index (χ2n) is 4.46. The Hall–Kier alpha value is -1.27. The molecule has 0 fully saturated rings. The van der Waals surface area contributed by atoms with Crippen molar-refractivity contribution in [1.82, 2.24) is 20.4 Å². The van der Waals surface area contributed by atoms with Crippen molar-refractivity contribution in [3.8, 4) is 11.4 Å². The summed E-state index contributed by atoms with van der Waals surface area (Å²) in [6.07, 6.45) is 5.29. The molecule has 0 aliphatic heterocycles. The van der Waals surface area contributed by atoms with E-state index in [1.807, 2.05) is 6.07 Å². The van der Waals surface area contributed by atoms with Crippen LogP contribution in [-0.4, -0.2) is 27.7 Å². The first kappa shape index (κ1) is 14.1. The number of aromatic nitrogens is 3. The van der Waals surface area contributed by atoms with Crippen molar-refractivity contribution >= 4 is 15.9 Å². The van der Waals surface area contributed by atoms with Gasteiger partial charge in [-0.1, -0.05) is 12.1 Å². The predicted octanol–water partition coefficient (Wildman–Crippen LogP) is 2.82. The molecule has 1 unspecified atom stereocenters. The molecule has 0 aliphatic carbocycles. The molecule has 2 aromatic heterocycles. The van der Waals surface area contributed by atoms with Crippen LogP contribution < -0.4 is 5.32 Å². The smallest absolute Gasteiger partial charge is 0.228 e. The molecule has 5 nitrogen and oxygen atoms in total. The summed E-state index contributed by atoms with van der Waals surface area (Å²) in [4.78, 5) is 8.48. The zero-order chi connectivity index (χ0) is 13.7. The molecule has 0 amide bonds. The minimum atomic E-state index is 0.328. The molecule has 0 aliphatic rings. The highest BCUT2D eigenvalue weighted by atomic mass is 79.9. The molecular formula is C13H17BrN4O. The summed E-state index contributed by atoms with van der Waals surface area (Å²) in [6.45, 7) is 5.25. The maximum atomic E-state index is 5.27. The van der Waals surface area contributed by atoms with Crippen molar-refractivity contribution in [3.63, 3.8) is 0 Å². The van der Waals surface area contributed by atoms with Crippen LogP contribution >= 0.6 is 15.9 Å². The second-order valence-corrected chi connectivity index (χ2v) is 5.38. The van der Waals surface area contributed by atoms with Crippen LogP contribution in [0.5, 0.6) is 0 Å². The monoisotopic (exact) mass is 324 g/mol. The average Bonchev–Trinajstić information content (AvgIpc) is 2.85. The van der Waals surface area contributed by atoms with Gasteiger partial charge in [-0.3, -0.25) is 4.98 Å². The van der Waals surface area contributed by atoms with E-state index in [1.165, 1.54) is 0 Å². The van der Waals surface area contributed by atoms with Crippen LogP contribution in [0.15, 0.2) is 27.5 Å². The second kappa shape index (κ2) is 6.77. The van der Waals surface area contributed by atoms with Crippen LogP contribution in [0.2, 0.25) is 0 Å². The molecule has 0 saturated carbocycles. The highest BCUT2D eigenvalue weighted by Gasteiger charge is 2.12. The Balaban J connectivity index is 2.03. The van der Waals surface area contributed by atoms with Gasteiger partial charge in [0, 0.05) is 34.9 Å². The van der Waals surface area contributed by atoms with Gasteiger partial charge < -0.3 is 9.84 Å². The van der Waals surface area contributed by atoms with Gasteiger partial charge in [0.05, 0.1) is 0 Å². The summed E-state index contributed by atoms with van der Waals surface area (Å²) < 4.78 is 6.16. The van der Waals surface area contributed by atoms with E-state index in [-0.39, 0.29) is 0 Å². The summed E-state index contributed by atoms with van der Waals surface area (Å²) in [5, 5.41) is 7.38. The molecule has 1 N–H and O–H groups in total. The Morgan fingerprint density at radius 3 is 3.00 bits per heavy atom. The lowest BCUT2D eigenvalue weighted by atomic mass is 10.2. The molecule has 2 aromatic rings. The van der Waals surface area contributed by atoms with Gasteiger partial charge in [0.2, 0.25) is 11.7 Å². The van der Waals surface area contributed by atoms with Crippen molar-refractivity contribution in [2.45, 2.75) is 32.7 Å². The molecule has 2 heterocycles. The maximum Gasteiger partial charge on any atom is 0.228 e. The van der Waals surface area contributed by atoms with Gasteiger partial charge in [-0.05, 0) is 41.9 Å². The first-order valence-corrected chi connectivity index (χ1v) is 7.15. The summed E-state index contributed by atoms with van der Waals surface area (Å²) in [5.74, 6) is 1.22. The lowest BCUT2D eigenvalue weighted by Crippen LogP contribution is -2.28. The molecule has 0 bridgehead atoms. The fraction of sp³-hybridized carbons (Fsp3) is 0.462. The van der Waals surface area contributed by atoms with Gasteiger partial charge in [-0.2, -0.15) is 4.98 Å². The summed E-state index contributed by atoms with van der Waals surface area (Å²) in [7, 11) is 0. The Labute approximate surface area is 121 Å². The van der Waals surface area contributed by atoms with Crippen molar-refractivity contribution in [2.75, 3.05) is 6.54 Å². The van der Waals surface area contributed by atoms with Crippen molar-refractivity contribution in [3.05, 3.63) is 28.8 Å². The van der Waals surface area contributed by atoms with E-state index in [0.717, 1.165) is 29.4 Å². The Morgan fingerprint density at radius 2 is 2.26 bits per heavy atom. The van der Waals surface area contributed by atoms with E-state index in [4.69, 9.17) is 4.52 Å². The molecule has 6 heteroatoms. The van der Waals surface area contributed by atoms with Crippen molar-refractivity contribution < 1.29 is 4.52 Å². The molecule has 0 saturated heterocycles. The summed E-state index contributed by atoms with van der Waals surface area (Å²) in [5.41, 5.74) is 0.846. The van der Waals surface area contributed by atoms with Crippen LogP contribution in [0, 0.1) is 0 Å². The molecule has 0 aromatic carbocycles. The van der Waals surface area contributed by atoms with Gasteiger partial charge >= 0.3 is 0 Å². The number of rotatable bonds is 6. The number of nitrogens with zero attached hydrogens (tertiary/aromatic N) is 3. The van der Waals surface area contributed by atoms with E-state index < -0.39 is 0 Å². The fourth-order valence-electron chi connectivity index (χ4n) is 1.71. The lowest BCUT2D eigenvalue weighted by molar-refractivity contribution is 0.362. The van der Waals surface area contributed by atoms with E-state index >= 15 is 0 Å². The number of hydrogen-bond acceptors (Lipinski definition) is 5. The molecule has 19 heavy (non-hydrogen) atoms. The Kier molecular flexibility index (Phi) is 5.04. The van der Waals surface area contributed by atoms with Gasteiger partial charge in [0.25, 0.3) is 0 Å². The first-order chi connectivity index (χ1) is 9.19. The topological polar surface area (TPSA) is 63.8 Å². The highest BCUT2D eigenvalue weighted by Crippen LogP contribution is 2.19.